The van der Waals surface area contributed by atoms with Crippen LogP contribution in [-0.4, -0.2) is 12.2 Å². The predicted octanol–water partition coefficient (Wildman–Crippen LogP) is 4.18. The van der Waals surface area contributed by atoms with E-state index in [1.807, 2.05) is 78.9 Å². The molecule has 0 fully saturated rings. The summed E-state index contributed by atoms with van der Waals surface area (Å²) >= 11 is 0. The summed E-state index contributed by atoms with van der Waals surface area (Å²) in [7, 11) is 1.62. The van der Waals surface area contributed by atoms with Gasteiger partial charge in [-0.3, -0.25) is 0 Å². The third-order valence-corrected chi connectivity index (χ3v) is 3.80. The van der Waals surface area contributed by atoms with Crippen LogP contribution < -0.4 is 4.74 Å². The minimum absolute atomic E-state index is 0.725. The average molecular weight is 314 g/mol. The van der Waals surface area contributed by atoms with Gasteiger partial charge in [0.2, 0.25) is 0 Å². The monoisotopic (exact) mass is 314 g/mol. The van der Waals surface area contributed by atoms with E-state index in [9.17, 15) is 5.11 Å². The van der Waals surface area contributed by atoms with Crippen LogP contribution in [0.5, 0.6) is 5.75 Å². The molecule has 0 saturated heterocycles. The second-order valence-electron chi connectivity index (χ2n) is 5.38. The summed E-state index contributed by atoms with van der Waals surface area (Å²) in [5, 5.41) is 10.7. The molecule has 0 bridgehead atoms. The van der Waals surface area contributed by atoms with Gasteiger partial charge in [0.05, 0.1) is 7.11 Å². The number of methoxy groups -OCH3 is 1. The normalized spacial score (nSPS) is 11.2. The van der Waals surface area contributed by atoms with Crippen LogP contribution >= 0.6 is 0 Å². The molecule has 0 heterocycles. The van der Waals surface area contributed by atoms with Gasteiger partial charge >= 0.3 is 0 Å². The summed E-state index contributed by atoms with van der Waals surface area (Å²) in [6, 6.07) is 24.9. The van der Waals surface area contributed by atoms with Gasteiger partial charge in [-0.15, -0.1) is 0 Å². The van der Waals surface area contributed by atoms with Gasteiger partial charge in [0.1, 0.15) is 11.9 Å². The average Bonchev–Trinajstić information content (AvgIpc) is 2.67. The standard InChI is InChI=1S/C22H18O2/c1-24-20-15-13-19(14-16-20)22(23)21-10-6-5-9-18(21)12-11-17-7-3-2-4-8-17/h2-10,13-16,22-23H,1H3. The zero-order valence-corrected chi connectivity index (χ0v) is 13.4. The van der Waals surface area contributed by atoms with E-state index in [-0.39, 0.29) is 0 Å². The Labute approximate surface area is 142 Å². The van der Waals surface area contributed by atoms with E-state index < -0.39 is 6.10 Å². The lowest BCUT2D eigenvalue weighted by Crippen LogP contribution is -2.02. The largest absolute Gasteiger partial charge is 0.497 e. The topological polar surface area (TPSA) is 29.5 Å². The molecule has 3 aromatic rings. The minimum atomic E-state index is -0.725. The fourth-order valence-electron chi connectivity index (χ4n) is 2.48. The Morgan fingerprint density at radius 1 is 0.792 bits per heavy atom. The van der Waals surface area contributed by atoms with Gasteiger partial charge in [-0.05, 0) is 35.9 Å². The first kappa shape index (κ1) is 15.9. The van der Waals surface area contributed by atoms with E-state index in [0.717, 1.165) is 28.0 Å². The summed E-state index contributed by atoms with van der Waals surface area (Å²) in [5.74, 6) is 7.08. The van der Waals surface area contributed by atoms with Crippen LogP contribution in [0.15, 0.2) is 78.9 Å². The van der Waals surface area contributed by atoms with Crippen LogP contribution in [0.25, 0.3) is 0 Å². The zero-order valence-electron chi connectivity index (χ0n) is 13.4. The molecule has 2 heteroatoms. The number of aliphatic hydroxyl groups excluding tert-OH is 1. The molecule has 1 N–H and O–H groups in total. The molecule has 1 unspecified atom stereocenters. The molecule has 118 valence electrons. The fourth-order valence-corrected chi connectivity index (χ4v) is 2.48. The molecule has 2 nitrogen and oxygen atoms in total. The first-order valence-electron chi connectivity index (χ1n) is 7.76. The van der Waals surface area contributed by atoms with Crippen LogP contribution in [0.3, 0.4) is 0 Å². The van der Waals surface area contributed by atoms with Gasteiger partial charge in [0.15, 0.2) is 0 Å². The van der Waals surface area contributed by atoms with E-state index >= 15 is 0 Å². The Morgan fingerprint density at radius 3 is 2.17 bits per heavy atom. The highest BCUT2D eigenvalue weighted by Gasteiger charge is 2.13. The smallest absolute Gasteiger partial charge is 0.118 e. The summed E-state index contributed by atoms with van der Waals surface area (Å²) in [5.41, 5.74) is 3.38. The Bertz CT molecular complexity index is 856. The number of hydrogen-bond donors (Lipinski definition) is 1. The van der Waals surface area contributed by atoms with Crippen LogP contribution in [0.1, 0.15) is 28.4 Å². The Morgan fingerprint density at radius 2 is 1.46 bits per heavy atom. The summed E-state index contributed by atoms with van der Waals surface area (Å²) in [6.45, 7) is 0. The van der Waals surface area contributed by atoms with Crippen molar-refractivity contribution in [1.29, 1.82) is 0 Å². The molecule has 0 aliphatic heterocycles. The van der Waals surface area contributed by atoms with Gasteiger partial charge in [-0.2, -0.15) is 0 Å². The molecule has 0 saturated carbocycles. The summed E-state index contributed by atoms with van der Waals surface area (Å²) < 4.78 is 5.16. The van der Waals surface area contributed by atoms with Gasteiger partial charge in [-0.25, -0.2) is 0 Å². The molecular formula is C22H18O2. The molecule has 0 amide bonds. The minimum Gasteiger partial charge on any atom is -0.497 e. The summed E-state index contributed by atoms with van der Waals surface area (Å²) in [6.07, 6.45) is -0.725. The molecule has 0 aliphatic rings. The van der Waals surface area contributed by atoms with Gasteiger partial charge in [0, 0.05) is 16.7 Å². The number of benzene rings is 3. The van der Waals surface area contributed by atoms with Crippen molar-refractivity contribution in [3.05, 3.63) is 101 Å². The van der Waals surface area contributed by atoms with Gasteiger partial charge in [-0.1, -0.05) is 60.4 Å². The number of ether oxygens (including phenoxy) is 1. The number of rotatable bonds is 3. The molecule has 0 aromatic heterocycles. The molecule has 3 aromatic carbocycles. The van der Waals surface area contributed by atoms with Crippen LogP contribution in [0.2, 0.25) is 0 Å². The lowest BCUT2D eigenvalue weighted by atomic mass is 9.97. The first-order chi connectivity index (χ1) is 11.8. The highest BCUT2D eigenvalue weighted by Crippen LogP contribution is 2.26. The molecule has 3 rings (SSSR count). The molecule has 1 atom stereocenters. The van der Waals surface area contributed by atoms with Crippen LogP contribution in [0, 0.1) is 11.8 Å². The van der Waals surface area contributed by atoms with E-state index in [2.05, 4.69) is 11.8 Å². The predicted molar refractivity (Wildman–Crippen MR) is 95.9 cm³/mol. The highest BCUT2D eigenvalue weighted by atomic mass is 16.5. The van der Waals surface area contributed by atoms with Gasteiger partial charge in [0.25, 0.3) is 0 Å². The second kappa shape index (κ2) is 7.50. The third kappa shape index (κ3) is 3.65. The highest BCUT2D eigenvalue weighted by molar-refractivity contribution is 5.49. The van der Waals surface area contributed by atoms with E-state index in [1.54, 1.807) is 7.11 Å². The van der Waals surface area contributed by atoms with E-state index in [1.165, 1.54) is 0 Å². The maximum absolute atomic E-state index is 10.7. The first-order valence-corrected chi connectivity index (χ1v) is 7.76. The van der Waals surface area contributed by atoms with Crippen LogP contribution in [0.4, 0.5) is 0 Å². The molecule has 0 spiro atoms. The quantitative estimate of drug-likeness (QED) is 0.735. The third-order valence-electron chi connectivity index (χ3n) is 3.80. The lowest BCUT2D eigenvalue weighted by molar-refractivity contribution is 0.220. The molecule has 24 heavy (non-hydrogen) atoms. The van der Waals surface area contributed by atoms with Crippen molar-refractivity contribution in [2.45, 2.75) is 6.10 Å². The molecule has 0 radical (unpaired) electrons. The van der Waals surface area contributed by atoms with Crippen molar-refractivity contribution < 1.29 is 9.84 Å². The Kier molecular flexibility index (Phi) is 4.96. The van der Waals surface area contributed by atoms with Crippen molar-refractivity contribution in [1.82, 2.24) is 0 Å². The lowest BCUT2D eigenvalue weighted by Gasteiger charge is -2.14. The number of hydrogen-bond acceptors (Lipinski definition) is 2. The zero-order chi connectivity index (χ0) is 16.8. The van der Waals surface area contributed by atoms with E-state index in [0.29, 0.717) is 0 Å². The van der Waals surface area contributed by atoms with Crippen LogP contribution in [-0.2, 0) is 0 Å². The van der Waals surface area contributed by atoms with Crippen molar-refractivity contribution in [3.8, 4) is 17.6 Å². The van der Waals surface area contributed by atoms with Crippen molar-refractivity contribution in [3.63, 3.8) is 0 Å². The second-order valence-corrected chi connectivity index (χ2v) is 5.38. The van der Waals surface area contributed by atoms with Gasteiger partial charge < -0.3 is 9.84 Å². The fraction of sp³-hybridized carbons (Fsp3) is 0.0909. The van der Waals surface area contributed by atoms with E-state index in [4.69, 9.17) is 4.74 Å². The number of aliphatic hydroxyl groups is 1. The maximum atomic E-state index is 10.7. The SMILES string of the molecule is COc1ccc(C(O)c2ccccc2C#Cc2ccccc2)cc1. The molecule has 0 aliphatic carbocycles. The molecular weight excluding hydrogens is 296 g/mol. The van der Waals surface area contributed by atoms with Crippen molar-refractivity contribution >= 4 is 0 Å². The van der Waals surface area contributed by atoms with Crippen molar-refractivity contribution in [2.75, 3.05) is 7.11 Å². The Hall–Kier alpha value is -3.02. The Balaban J connectivity index is 1.92. The maximum Gasteiger partial charge on any atom is 0.118 e. The van der Waals surface area contributed by atoms with Crippen molar-refractivity contribution in [2.24, 2.45) is 0 Å². The summed E-state index contributed by atoms with van der Waals surface area (Å²) in [4.78, 5) is 0.